The number of aromatic amines is 1. The zero-order valence-electron chi connectivity index (χ0n) is 22.5. The van der Waals surface area contributed by atoms with E-state index in [4.69, 9.17) is 4.74 Å². The van der Waals surface area contributed by atoms with Crippen LogP contribution in [0.3, 0.4) is 0 Å². The lowest BCUT2D eigenvalue weighted by Crippen LogP contribution is -2.43. The third-order valence-electron chi connectivity index (χ3n) is 7.40. The highest BCUT2D eigenvalue weighted by atomic mass is 19.1. The number of benzene rings is 2. The van der Waals surface area contributed by atoms with Gasteiger partial charge in [-0.1, -0.05) is 76.8 Å². The van der Waals surface area contributed by atoms with E-state index < -0.39 is 12.3 Å². The summed E-state index contributed by atoms with van der Waals surface area (Å²) >= 11 is 0. The Kier molecular flexibility index (Phi) is 9.15. The molecule has 2 amide bonds. The molecule has 7 nitrogen and oxygen atoms in total. The zero-order valence-corrected chi connectivity index (χ0v) is 22.5. The molecule has 8 heteroatoms. The number of carbonyl (C=O) groups excluding carboxylic acids is 2. The van der Waals surface area contributed by atoms with Crippen molar-refractivity contribution in [2.75, 3.05) is 0 Å². The SMILES string of the molecule is CC(C)(C)[C@H](NC(=O)C(CC1CCCC1)CC(NC=O)OCc1ccccc1)c1nc2ccc(F)cc2[nH]1. The molecule has 3 aromatic rings. The molecule has 0 saturated heterocycles. The first-order valence-electron chi connectivity index (χ1n) is 13.5. The van der Waals surface area contributed by atoms with Crippen LogP contribution in [-0.4, -0.2) is 28.5 Å². The van der Waals surface area contributed by atoms with Gasteiger partial charge in [-0.05, 0) is 41.5 Å². The zero-order chi connectivity index (χ0) is 27.1. The predicted octanol–water partition coefficient (Wildman–Crippen LogP) is 5.78. The van der Waals surface area contributed by atoms with Crippen molar-refractivity contribution in [1.82, 2.24) is 20.6 Å². The molecular weight excluding hydrogens is 483 g/mol. The van der Waals surface area contributed by atoms with Gasteiger partial charge in [0.25, 0.3) is 0 Å². The minimum Gasteiger partial charge on any atom is -0.354 e. The third kappa shape index (κ3) is 7.40. The van der Waals surface area contributed by atoms with Crippen LogP contribution in [0.25, 0.3) is 11.0 Å². The van der Waals surface area contributed by atoms with Gasteiger partial charge in [0.15, 0.2) is 0 Å². The van der Waals surface area contributed by atoms with Crippen LogP contribution in [0, 0.1) is 23.1 Å². The number of imidazole rings is 1. The normalized spacial score (nSPS) is 16.7. The molecule has 0 radical (unpaired) electrons. The summed E-state index contributed by atoms with van der Waals surface area (Å²) in [7, 11) is 0. The first-order chi connectivity index (χ1) is 18.2. The van der Waals surface area contributed by atoms with E-state index in [1.54, 1.807) is 6.07 Å². The molecule has 2 unspecified atom stereocenters. The molecule has 3 N–H and O–H groups in total. The van der Waals surface area contributed by atoms with Crippen molar-refractivity contribution in [3.05, 3.63) is 65.7 Å². The van der Waals surface area contributed by atoms with Gasteiger partial charge < -0.3 is 20.4 Å². The van der Waals surface area contributed by atoms with E-state index in [-0.39, 0.29) is 23.1 Å². The van der Waals surface area contributed by atoms with Gasteiger partial charge in [0.05, 0.1) is 23.7 Å². The molecule has 1 aromatic heterocycles. The number of aromatic nitrogens is 2. The van der Waals surface area contributed by atoms with Crippen LogP contribution in [0.2, 0.25) is 0 Å². The molecule has 1 aliphatic rings. The van der Waals surface area contributed by atoms with Crippen molar-refractivity contribution in [2.24, 2.45) is 17.3 Å². The standard InChI is InChI=1S/C30H39FN4O3/c1-30(2,3)27(28-33-24-14-13-23(31)17-25(24)34-28)35-29(37)22(15-20-9-7-8-10-20)16-26(32-19-36)38-18-21-11-5-4-6-12-21/h4-6,11-14,17,19-20,22,26-27H,7-10,15-16,18H2,1-3H3,(H,32,36)(H,33,34)(H,35,37)/t22?,26?,27-/m1/s1. The van der Waals surface area contributed by atoms with Gasteiger partial charge in [0, 0.05) is 12.3 Å². The van der Waals surface area contributed by atoms with Crippen LogP contribution in [0.15, 0.2) is 48.5 Å². The van der Waals surface area contributed by atoms with Crippen molar-refractivity contribution < 1.29 is 18.7 Å². The topological polar surface area (TPSA) is 96.1 Å². The van der Waals surface area contributed by atoms with E-state index in [0.717, 1.165) is 24.8 Å². The average molecular weight is 523 g/mol. The number of rotatable bonds is 12. The number of hydrogen-bond acceptors (Lipinski definition) is 4. The van der Waals surface area contributed by atoms with Crippen molar-refractivity contribution in [1.29, 1.82) is 0 Å². The number of H-pyrrole nitrogens is 1. The number of halogens is 1. The van der Waals surface area contributed by atoms with E-state index in [9.17, 15) is 14.0 Å². The second kappa shape index (κ2) is 12.5. The second-order valence-electron chi connectivity index (χ2n) is 11.5. The van der Waals surface area contributed by atoms with E-state index in [1.165, 1.54) is 25.0 Å². The Morgan fingerprint density at radius 3 is 2.61 bits per heavy atom. The van der Waals surface area contributed by atoms with Crippen molar-refractivity contribution >= 4 is 23.4 Å². The van der Waals surface area contributed by atoms with Gasteiger partial charge in [-0.2, -0.15) is 0 Å². The summed E-state index contributed by atoms with van der Waals surface area (Å²) in [5, 5.41) is 6.01. The quantitative estimate of drug-likeness (QED) is 0.208. The third-order valence-corrected chi connectivity index (χ3v) is 7.40. The van der Waals surface area contributed by atoms with Gasteiger partial charge in [0.1, 0.15) is 17.9 Å². The number of ether oxygens (including phenoxy) is 1. The maximum Gasteiger partial charge on any atom is 0.223 e. The van der Waals surface area contributed by atoms with Crippen LogP contribution >= 0.6 is 0 Å². The first kappa shape index (κ1) is 27.8. The Hall–Kier alpha value is -3.26. The highest BCUT2D eigenvalue weighted by molar-refractivity contribution is 5.80. The lowest BCUT2D eigenvalue weighted by atomic mass is 9.84. The molecule has 1 aliphatic carbocycles. The summed E-state index contributed by atoms with van der Waals surface area (Å²) < 4.78 is 19.8. The number of nitrogens with zero attached hydrogens (tertiary/aromatic N) is 1. The largest absolute Gasteiger partial charge is 0.354 e. The highest BCUT2D eigenvalue weighted by Gasteiger charge is 2.35. The Bertz CT molecular complexity index is 1200. The predicted molar refractivity (Wildman–Crippen MR) is 145 cm³/mol. The molecule has 1 saturated carbocycles. The molecule has 1 heterocycles. The van der Waals surface area contributed by atoms with Crippen molar-refractivity contribution in [3.63, 3.8) is 0 Å². The van der Waals surface area contributed by atoms with Crippen molar-refractivity contribution in [3.8, 4) is 0 Å². The fraction of sp³-hybridized carbons (Fsp3) is 0.500. The van der Waals surface area contributed by atoms with Crippen LogP contribution in [0.4, 0.5) is 4.39 Å². The van der Waals surface area contributed by atoms with Crippen LogP contribution in [-0.2, 0) is 20.9 Å². The van der Waals surface area contributed by atoms with Crippen LogP contribution in [0.5, 0.6) is 0 Å². The number of hydrogen-bond donors (Lipinski definition) is 3. The minimum atomic E-state index is -0.591. The number of amides is 2. The molecule has 2 aromatic carbocycles. The molecule has 0 aliphatic heterocycles. The molecular formula is C30H39FN4O3. The molecule has 0 bridgehead atoms. The number of nitrogens with one attached hydrogen (secondary N) is 3. The Morgan fingerprint density at radius 2 is 1.92 bits per heavy atom. The van der Waals surface area contributed by atoms with E-state index in [1.807, 2.05) is 51.1 Å². The summed E-state index contributed by atoms with van der Waals surface area (Å²) in [5.74, 6) is 0.278. The average Bonchev–Trinajstić information content (AvgIpc) is 3.54. The number of fused-ring (bicyclic) bond motifs is 1. The second-order valence-corrected chi connectivity index (χ2v) is 11.5. The molecule has 1 fully saturated rings. The summed E-state index contributed by atoms with van der Waals surface area (Å²) in [6, 6.07) is 13.8. The fourth-order valence-electron chi connectivity index (χ4n) is 5.34. The summed E-state index contributed by atoms with van der Waals surface area (Å²) in [5.41, 5.74) is 1.88. The van der Waals surface area contributed by atoms with Crippen LogP contribution in [0.1, 0.15) is 76.7 Å². The lowest BCUT2D eigenvalue weighted by Gasteiger charge is -2.32. The summed E-state index contributed by atoms with van der Waals surface area (Å²) in [6.07, 6.45) is 5.73. The monoisotopic (exact) mass is 522 g/mol. The van der Waals surface area contributed by atoms with Crippen LogP contribution < -0.4 is 10.6 Å². The van der Waals surface area contributed by atoms with E-state index in [0.29, 0.717) is 42.2 Å². The summed E-state index contributed by atoms with van der Waals surface area (Å²) in [4.78, 5) is 33.1. The van der Waals surface area contributed by atoms with E-state index >= 15 is 0 Å². The first-order valence-corrected chi connectivity index (χ1v) is 13.5. The fourth-order valence-corrected chi connectivity index (χ4v) is 5.34. The van der Waals surface area contributed by atoms with Gasteiger partial charge >= 0.3 is 0 Å². The maximum absolute atomic E-state index is 13.9. The Balaban J connectivity index is 1.53. The van der Waals surface area contributed by atoms with Gasteiger partial charge in [-0.15, -0.1) is 0 Å². The van der Waals surface area contributed by atoms with Gasteiger partial charge in [0.2, 0.25) is 12.3 Å². The lowest BCUT2D eigenvalue weighted by molar-refractivity contribution is -0.130. The van der Waals surface area contributed by atoms with Crippen molar-refractivity contribution in [2.45, 2.75) is 78.2 Å². The van der Waals surface area contributed by atoms with E-state index in [2.05, 4.69) is 20.6 Å². The molecule has 204 valence electrons. The molecule has 38 heavy (non-hydrogen) atoms. The maximum atomic E-state index is 13.9. The minimum absolute atomic E-state index is 0.0931. The molecule has 4 rings (SSSR count). The summed E-state index contributed by atoms with van der Waals surface area (Å²) in [6.45, 7) is 6.45. The highest BCUT2D eigenvalue weighted by Crippen LogP contribution is 2.35. The smallest absolute Gasteiger partial charge is 0.223 e. The molecule has 0 spiro atoms. The Morgan fingerprint density at radius 1 is 1.18 bits per heavy atom. The number of carbonyl (C=O) groups is 2. The Labute approximate surface area is 223 Å². The van der Waals surface area contributed by atoms with Gasteiger partial charge in [-0.3, -0.25) is 9.59 Å². The molecule has 3 atom stereocenters. The van der Waals surface area contributed by atoms with Gasteiger partial charge in [-0.25, -0.2) is 9.37 Å².